The summed E-state index contributed by atoms with van der Waals surface area (Å²) in [5.74, 6) is -1.50. The van der Waals surface area contributed by atoms with E-state index in [-0.39, 0.29) is 16.8 Å². The van der Waals surface area contributed by atoms with Gasteiger partial charge < -0.3 is 10.4 Å². The molecule has 0 bridgehead atoms. The largest absolute Gasteiger partial charge is 0.480 e. The van der Waals surface area contributed by atoms with Crippen LogP contribution in [0, 0.1) is 5.92 Å². The Balaban J connectivity index is 2.07. The Bertz CT molecular complexity index is 501. The van der Waals surface area contributed by atoms with Gasteiger partial charge in [0.05, 0.1) is 0 Å². The number of rotatable bonds is 4. The number of pyridine rings is 1. The summed E-state index contributed by atoms with van der Waals surface area (Å²) in [7, 11) is 0. The molecule has 0 saturated heterocycles. The fraction of sp³-hybridized carbons (Fsp3) is 0.500. The van der Waals surface area contributed by atoms with E-state index < -0.39 is 17.9 Å². The number of carboxylic acids is 1. The highest BCUT2D eigenvalue weighted by molar-refractivity contribution is 6.29. The zero-order chi connectivity index (χ0) is 14.5. The van der Waals surface area contributed by atoms with Gasteiger partial charge in [0.25, 0.3) is 5.91 Å². The maximum atomic E-state index is 12.1. The summed E-state index contributed by atoms with van der Waals surface area (Å²) in [4.78, 5) is 27.3. The summed E-state index contributed by atoms with van der Waals surface area (Å²) in [6, 6.07) is 3.83. The standard InChI is InChI=1S/C14H17ClN2O3/c15-11-8-4-7-10(16-11)13(18)17-12(14(19)20)9-5-2-1-3-6-9/h4,7-9,12H,1-3,5-6H2,(H,17,18)(H,19,20). The fourth-order valence-electron chi connectivity index (χ4n) is 2.60. The van der Waals surface area contributed by atoms with Crippen molar-refractivity contribution in [3.05, 3.63) is 29.0 Å². The zero-order valence-corrected chi connectivity index (χ0v) is 11.8. The molecule has 20 heavy (non-hydrogen) atoms. The molecule has 1 unspecified atom stereocenters. The first-order chi connectivity index (χ1) is 9.58. The molecule has 1 fully saturated rings. The highest BCUT2D eigenvalue weighted by Gasteiger charge is 2.31. The van der Waals surface area contributed by atoms with Gasteiger partial charge in [-0.05, 0) is 30.9 Å². The summed E-state index contributed by atoms with van der Waals surface area (Å²) >= 11 is 5.73. The Labute approximate surface area is 122 Å². The first-order valence-electron chi connectivity index (χ1n) is 6.74. The predicted octanol–water partition coefficient (Wildman–Crippen LogP) is 2.50. The molecule has 0 spiro atoms. The molecule has 6 heteroatoms. The SMILES string of the molecule is O=C(NC(C(=O)O)C1CCCCC1)c1cccc(Cl)n1. The van der Waals surface area contributed by atoms with Gasteiger partial charge in [0.15, 0.2) is 0 Å². The van der Waals surface area contributed by atoms with Crippen LogP contribution >= 0.6 is 11.6 Å². The van der Waals surface area contributed by atoms with Crippen molar-refractivity contribution < 1.29 is 14.7 Å². The number of aliphatic carboxylic acids is 1. The van der Waals surface area contributed by atoms with Gasteiger partial charge in [-0.25, -0.2) is 9.78 Å². The van der Waals surface area contributed by atoms with Gasteiger partial charge in [-0.2, -0.15) is 0 Å². The van der Waals surface area contributed by atoms with Crippen LogP contribution in [0.15, 0.2) is 18.2 Å². The van der Waals surface area contributed by atoms with Gasteiger partial charge in [0, 0.05) is 0 Å². The van der Waals surface area contributed by atoms with E-state index in [1.807, 2.05) is 0 Å². The number of aromatic nitrogens is 1. The summed E-state index contributed by atoms with van der Waals surface area (Å²) in [5.41, 5.74) is 0.138. The summed E-state index contributed by atoms with van der Waals surface area (Å²) in [5, 5.41) is 12.1. The molecule has 2 N–H and O–H groups in total. The van der Waals surface area contributed by atoms with E-state index in [1.54, 1.807) is 12.1 Å². The second-order valence-electron chi connectivity index (χ2n) is 5.03. The third-order valence-electron chi connectivity index (χ3n) is 3.62. The van der Waals surface area contributed by atoms with Gasteiger partial charge in [0.2, 0.25) is 0 Å². The van der Waals surface area contributed by atoms with E-state index in [9.17, 15) is 14.7 Å². The first kappa shape index (κ1) is 14.8. The molecule has 1 aromatic rings. The van der Waals surface area contributed by atoms with Crippen LogP contribution in [-0.2, 0) is 4.79 Å². The van der Waals surface area contributed by atoms with E-state index in [2.05, 4.69) is 10.3 Å². The van der Waals surface area contributed by atoms with Crippen LogP contribution in [0.2, 0.25) is 5.15 Å². The highest BCUT2D eigenvalue weighted by Crippen LogP contribution is 2.26. The molecule has 1 heterocycles. The molecule has 1 saturated carbocycles. The van der Waals surface area contributed by atoms with E-state index in [0.29, 0.717) is 0 Å². The molecule has 1 amide bonds. The normalized spacial score (nSPS) is 17.4. The minimum absolute atomic E-state index is 0.00983. The third kappa shape index (κ3) is 3.70. The molecule has 1 aliphatic carbocycles. The average molecular weight is 297 g/mol. The number of carbonyl (C=O) groups is 2. The van der Waals surface area contributed by atoms with E-state index in [0.717, 1.165) is 32.1 Å². The lowest BCUT2D eigenvalue weighted by Crippen LogP contribution is -2.46. The van der Waals surface area contributed by atoms with Gasteiger partial charge in [-0.15, -0.1) is 0 Å². The topological polar surface area (TPSA) is 79.3 Å². The quantitative estimate of drug-likeness (QED) is 0.837. The van der Waals surface area contributed by atoms with E-state index in [4.69, 9.17) is 11.6 Å². The minimum Gasteiger partial charge on any atom is -0.480 e. The van der Waals surface area contributed by atoms with Crippen molar-refractivity contribution in [1.29, 1.82) is 0 Å². The molecule has 0 radical (unpaired) electrons. The molecule has 1 aromatic heterocycles. The maximum Gasteiger partial charge on any atom is 0.326 e. The molecule has 1 atom stereocenters. The van der Waals surface area contributed by atoms with Crippen LogP contribution in [0.1, 0.15) is 42.6 Å². The van der Waals surface area contributed by atoms with Gasteiger partial charge in [-0.1, -0.05) is 36.9 Å². The lowest BCUT2D eigenvalue weighted by Gasteiger charge is -2.27. The number of halogens is 1. The second-order valence-corrected chi connectivity index (χ2v) is 5.42. The van der Waals surface area contributed by atoms with Crippen LogP contribution in [0.4, 0.5) is 0 Å². The lowest BCUT2D eigenvalue weighted by atomic mass is 9.84. The van der Waals surface area contributed by atoms with Gasteiger partial charge in [-0.3, -0.25) is 4.79 Å². The fourth-order valence-corrected chi connectivity index (χ4v) is 2.76. The van der Waals surface area contributed by atoms with E-state index in [1.165, 1.54) is 6.07 Å². The van der Waals surface area contributed by atoms with Crippen molar-refractivity contribution in [3.63, 3.8) is 0 Å². The molecular weight excluding hydrogens is 280 g/mol. The van der Waals surface area contributed by atoms with Gasteiger partial charge in [0.1, 0.15) is 16.9 Å². The van der Waals surface area contributed by atoms with Crippen molar-refractivity contribution in [3.8, 4) is 0 Å². The molecular formula is C14H17ClN2O3. The van der Waals surface area contributed by atoms with Crippen LogP contribution in [0.3, 0.4) is 0 Å². The average Bonchev–Trinajstić information content (AvgIpc) is 2.45. The Kier molecular flexibility index (Phi) is 4.95. The Morgan fingerprint density at radius 1 is 1.30 bits per heavy atom. The number of carboxylic acid groups (broad SMARTS) is 1. The Morgan fingerprint density at radius 3 is 2.60 bits per heavy atom. The number of nitrogens with one attached hydrogen (secondary N) is 1. The van der Waals surface area contributed by atoms with E-state index >= 15 is 0 Å². The summed E-state index contributed by atoms with van der Waals surface area (Å²) < 4.78 is 0. The smallest absolute Gasteiger partial charge is 0.326 e. The monoisotopic (exact) mass is 296 g/mol. The Morgan fingerprint density at radius 2 is 2.00 bits per heavy atom. The van der Waals surface area contributed by atoms with Crippen molar-refractivity contribution in [1.82, 2.24) is 10.3 Å². The Hall–Kier alpha value is -1.62. The van der Waals surface area contributed by atoms with Crippen LogP contribution < -0.4 is 5.32 Å². The zero-order valence-electron chi connectivity index (χ0n) is 11.0. The van der Waals surface area contributed by atoms with Crippen molar-refractivity contribution in [2.24, 2.45) is 5.92 Å². The lowest BCUT2D eigenvalue weighted by molar-refractivity contribution is -0.141. The summed E-state index contributed by atoms with van der Waals surface area (Å²) in [6.45, 7) is 0. The van der Waals surface area contributed by atoms with Crippen LogP contribution in [0.25, 0.3) is 0 Å². The number of carbonyl (C=O) groups excluding carboxylic acids is 1. The van der Waals surface area contributed by atoms with Crippen molar-refractivity contribution >= 4 is 23.5 Å². The van der Waals surface area contributed by atoms with Gasteiger partial charge >= 0.3 is 5.97 Å². The second kappa shape index (κ2) is 6.70. The molecule has 2 rings (SSSR count). The third-order valence-corrected chi connectivity index (χ3v) is 3.83. The number of hydrogen-bond donors (Lipinski definition) is 2. The molecule has 0 aliphatic heterocycles. The first-order valence-corrected chi connectivity index (χ1v) is 7.12. The van der Waals surface area contributed by atoms with Crippen LogP contribution in [-0.4, -0.2) is 28.0 Å². The summed E-state index contributed by atoms with van der Waals surface area (Å²) in [6.07, 6.45) is 4.83. The highest BCUT2D eigenvalue weighted by atomic mass is 35.5. The van der Waals surface area contributed by atoms with Crippen LogP contribution in [0.5, 0.6) is 0 Å². The molecule has 0 aromatic carbocycles. The molecule has 5 nitrogen and oxygen atoms in total. The minimum atomic E-state index is -0.993. The number of amides is 1. The maximum absolute atomic E-state index is 12.1. The molecule has 108 valence electrons. The number of nitrogens with zero attached hydrogens (tertiary/aromatic N) is 1. The number of hydrogen-bond acceptors (Lipinski definition) is 3. The van der Waals surface area contributed by atoms with Crippen molar-refractivity contribution in [2.45, 2.75) is 38.1 Å². The molecule has 1 aliphatic rings. The predicted molar refractivity (Wildman–Crippen MR) is 74.7 cm³/mol. The van der Waals surface area contributed by atoms with Crippen molar-refractivity contribution in [2.75, 3.05) is 0 Å².